The molecule has 1 N–H and O–H groups in total. The summed E-state index contributed by atoms with van der Waals surface area (Å²) in [5.41, 5.74) is 0.715. The number of fused-ring (bicyclic) bond motifs is 1. The van der Waals surface area contributed by atoms with Crippen LogP contribution in [0, 0.1) is 0 Å². The lowest BCUT2D eigenvalue weighted by molar-refractivity contribution is -0.138. The molecule has 0 atom stereocenters. The third kappa shape index (κ3) is 4.45. The van der Waals surface area contributed by atoms with Gasteiger partial charge in [-0.25, -0.2) is 4.79 Å². The second-order valence-electron chi connectivity index (χ2n) is 4.87. The molecule has 2 aromatic rings. The fraction of sp³-hybridized carbons (Fsp3) is 0.222. The maximum Gasteiger partial charge on any atom is 0.330 e. The smallest absolute Gasteiger partial charge is 0.330 e. The molecule has 4 heteroatoms. The van der Waals surface area contributed by atoms with E-state index in [1.807, 2.05) is 49.4 Å². The van der Waals surface area contributed by atoms with E-state index < -0.39 is 5.97 Å². The summed E-state index contributed by atoms with van der Waals surface area (Å²) in [7, 11) is 0. The predicted molar refractivity (Wildman–Crippen MR) is 87.6 cm³/mol. The van der Waals surface area contributed by atoms with Gasteiger partial charge in [0.25, 0.3) is 0 Å². The van der Waals surface area contributed by atoms with Crippen LogP contribution < -0.4 is 5.32 Å². The minimum Gasteiger partial charge on any atom is -0.463 e. The number of carbonyl (C=O) groups excluding carboxylic acids is 2. The normalized spacial score (nSPS) is 10.8. The quantitative estimate of drug-likeness (QED) is 0.503. The molecule has 0 aliphatic rings. The van der Waals surface area contributed by atoms with E-state index in [0.29, 0.717) is 12.3 Å². The predicted octanol–water partition coefficient (Wildman–Crippen LogP) is 3.68. The highest BCUT2D eigenvalue weighted by Crippen LogP contribution is 2.22. The molecule has 0 unspecified atom stereocenters. The third-order valence-electron chi connectivity index (χ3n) is 3.16. The summed E-state index contributed by atoms with van der Waals surface area (Å²) in [6, 6.07) is 13.5. The lowest BCUT2D eigenvalue weighted by atomic mass is 10.1. The highest BCUT2D eigenvalue weighted by Gasteiger charge is 2.04. The molecule has 0 heterocycles. The molecule has 2 aromatic carbocycles. The molecule has 114 valence electrons. The average molecular weight is 297 g/mol. The first kappa shape index (κ1) is 15.8. The summed E-state index contributed by atoms with van der Waals surface area (Å²) >= 11 is 0. The number of hydrogen-bond donors (Lipinski definition) is 1. The SMILES string of the molecule is CCCCOC(=O)/C=C/C(=O)Nc1cccc2ccccc12. The first-order chi connectivity index (χ1) is 10.7. The lowest BCUT2D eigenvalue weighted by Gasteiger charge is -2.06. The number of unbranched alkanes of at least 4 members (excludes halogenated alkanes) is 1. The van der Waals surface area contributed by atoms with Gasteiger partial charge in [-0.2, -0.15) is 0 Å². The van der Waals surface area contributed by atoms with Crippen LogP contribution in [0.25, 0.3) is 10.8 Å². The van der Waals surface area contributed by atoms with Crippen LogP contribution in [0.1, 0.15) is 19.8 Å². The minimum atomic E-state index is -0.499. The molecule has 0 saturated carbocycles. The number of hydrogen-bond acceptors (Lipinski definition) is 3. The van der Waals surface area contributed by atoms with Gasteiger partial charge in [0.1, 0.15) is 0 Å². The molecular weight excluding hydrogens is 278 g/mol. The van der Waals surface area contributed by atoms with Gasteiger partial charge in [0.15, 0.2) is 0 Å². The van der Waals surface area contributed by atoms with Crippen molar-refractivity contribution in [2.45, 2.75) is 19.8 Å². The highest BCUT2D eigenvalue weighted by molar-refractivity contribution is 6.07. The monoisotopic (exact) mass is 297 g/mol. The van der Waals surface area contributed by atoms with Gasteiger partial charge in [0.2, 0.25) is 5.91 Å². The van der Waals surface area contributed by atoms with Crippen LogP contribution in [0.15, 0.2) is 54.6 Å². The first-order valence-electron chi connectivity index (χ1n) is 7.34. The highest BCUT2D eigenvalue weighted by atomic mass is 16.5. The van der Waals surface area contributed by atoms with Crippen molar-refractivity contribution >= 4 is 28.3 Å². The summed E-state index contributed by atoms with van der Waals surface area (Å²) in [5.74, 6) is -0.856. The number of amides is 1. The van der Waals surface area contributed by atoms with Crippen LogP contribution in [0.5, 0.6) is 0 Å². The average Bonchev–Trinajstić information content (AvgIpc) is 2.54. The molecule has 0 radical (unpaired) electrons. The van der Waals surface area contributed by atoms with Crippen molar-refractivity contribution in [1.29, 1.82) is 0 Å². The fourth-order valence-corrected chi connectivity index (χ4v) is 2.02. The number of rotatable bonds is 6. The number of carbonyl (C=O) groups is 2. The molecule has 1 amide bonds. The molecule has 0 spiro atoms. The second kappa shape index (κ2) is 7.98. The molecule has 0 bridgehead atoms. The topological polar surface area (TPSA) is 55.4 Å². The Labute approximate surface area is 129 Å². The molecule has 0 aromatic heterocycles. The van der Waals surface area contributed by atoms with Crippen LogP contribution in [-0.4, -0.2) is 18.5 Å². The van der Waals surface area contributed by atoms with E-state index in [1.54, 1.807) is 0 Å². The number of esters is 1. The van der Waals surface area contributed by atoms with Gasteiger partial charge < -0.3 is 10.1 Å². The summed E-state index contributed by atoms with van der Waals surface area (Å²) in [4.78, 5) is 23.3. The summed E-state index contributed by atoms with van der Waals surface area (Å²) in [5, 5.41) is 4.77. The Bertz CT molecular complexity index is 686. The number of benzene rings is 2. The molecule has 0 fully saturated rings. The van der Waals surface area contributed by atoms with Crippen LogP contribution in [0.2, 0.25) is 0 Å². The van der Waals surface area contributed by atoms with Crippen molar-refractivity contribution in [2.24, 2.45) is 0 Å². The standard InChI is InChI=1S/C18H19NO3/c1-2-3-13-22-18(21)12-11-17(20)19-16-10-6-8-14-7-4-5-9-15(14)16/h4-12H,2-3,13H2,1H3,(H,19,20)/b12-11+. The van der Waals surface area contributed by atoms with E-state index in [9.17, 15) is 9.59 Å². The summed E-state index contributed by atoms with van der Waals surface area (Å²) in [6.07, 6.45) is 4.12. The van der Waals surface area contributed by atoms with Crippen molar-refractivity contribution in [2.75, 3.05) is 11.9 Å². The maximum absolute atomic E-state index is 11.9. The Hall–Kier alpha value is -2.62. The Kier molecular flexibility index (Phi) is 5.72. The van der Waals surface area contributed by atoms with Gasteiger partial charge in [-0.3, -0.25) is 4.79 Å². The molecule has 22 heavy (non-hydrogen) atoms. The zero-order chi connectivity index (χ0) is 15.8. The number of anilines is 1. The number of ether oxygens (including phenoxy) is 1. The van der Waals surface area contributed by atoms with Gasteiger partial charge in [-0.05, 0) is 17.9 Å². The van der Waals surface area contributed by atoms with Crippen molar-refractivity contribution in [3.8, 4) is 0 Å². The zero-order valence-corrected chi connectivity index (χ0v) is 12.5. The Morgan fingerprint density at radius 2 is 1.86 bits per heavy atom. The zero-order valence-electron chi connectivity index (χ0n) is 12.5. The van der Waals surface area contributed by atoms with Crippen molar-refractivity contribution in [3.63, 3.8) is 0 Å². The van der Waals surface area contributed by atoms with Crippen LogP contribution in [0.4, 0.5) is 5.69 Å². The van der Waals surface area contributed by atoms with Gasteiger partial charge in [-0.15, -0.1) is 0 Å². The van der Waals surface area contributed by atoms with Gasteiger partial charge in [-0.1, -0.05) is 49.7 Å². The Balaban J connectivity index is 1.98. The fourth-order valence-electron chi connectivity index (χ4n) is 2.02. The van der Waals surface area contributed by atoms with Gasteiger partial charge >= 0.3 is 5.97 Å². The molecule has 0 aliphatic carbocycles. The van der Waals surface area contributed by atoms with E-state index >= 15 is 0 Å². The first-order valence-corrected chi connectivity index (χ1v) is 7.34. The van der Waals surface area contributed by atoms with E-state index in [0.717, 1.165) is 29.7 Å². The molecule has 0 saturated heterocycles. The van der Waals surface area contributed by atoms with Gasteiger partial charge in [0.05, 0.1) is 6.61 Å². The largest absolute Gasteiger partial charge is 0.463 e. The molecule has 4 nitrogen and oxygen atoms in total. The molecule has 0 aliphatic heterocycles. The number of nitrogens with one attached hydrogen (secondary N) is 1. The second-order valence-corrected chi connectivity index (χ2v) is 4.87. The van der Waals surface area contributed by atoms with E-state index in [1.165, 1.54) is 6.08 Å². The van der Waals surface area contributed by atoms with Crippen molar-refractivity contribution < 1.29 is 14.3 Å². The third-order valence-corrected chi connectivity index (χ3v) is 3.16. The Morgan fingerprint density at radius 3 is 2.68 bits per heavy atom. The van der Waals surface area contributed by atoms with E-state index in [2.05, 4.69) is 5.32 Å². The van der Waals surface area contributed by atoms with Crippen LogP contribution in [-0.2, 0) is 14.3 Å². The minimum absolute atomic E-state index is 0.358. The summed E-state index contributed by atoms with van der Waals surface area (Å²) < 4.78 is 4.95. The van der Waals surface area contributed by atoms with E-state index in [4.69, 9.17) is 4.74 Å². The van der Waals surface area contributed by atoms with E-state index in [-0.39, 0.29) is 5.91 Å². The van der Waals surface area contributed by atoms with Crippen molar-refractivity contribution in [3.05, 3.63) is 54.6 Å². The van der Waals surface area contributed by atoms with Crippen molar-refractivity contribution in [1.82, 2.24) is 0 Å². The summed E-state index contributed by atoms with van der Waals surface area (Å²) in [6.45, 7) is 2.39. The van der Waals surface area contributed by atoms with Crippen LogP contribution in [0.3, 0.4) is 0 Å². The lowest BCUT2D eigenvalue weighted by Crippen LogP contribution is -2.10. The van der Waals surface area contributed by atoms with Gasteiger partial charge in [0, 0.05) is 23.2 Å². The molecule has 2 rings (SSSR count). The van der Waals surface area contributed by atoms with Crippen LogP contribution >= 0.6 is 0 Å². The molecular formula is C18H19NO3. The maximum atomic E-state index is 11.9. The Morgan fingerprint density at radius 1 is 1.09 bits per heavy atom.